The van der Waals surface area contributed by atoms with E-state index in [9.17, 15) is 0 Å². The zero-order chi connectivity index (χ0) is 18.1. The summed E-state index contributed by atoms with van der Waals surface area (Å²) in [4.78, 5) is 8.51. The molecule has 7 rings (SSSR count). The third kappa shape index (κ3) is 2.30. The Morgan fingerprint density at radius 2 is 1.93 bits per heavy atom. The first-order chi connectivity index (χ1) is 13.1. The lowest BCUT2D eigenvalue weighted by Gasteiger charge is -2.60. The van der Waals surface area contributed by atoms with E-state index >= 15 is 0 Å². The van der Waals surface area contributed by atoms with Crippen molar-refractivity contribution in [1.29, 1.82) is 0 Å². The predicted octanol–water partition coefficient (Wildman–Crippen LogP) is 3.62. The van der Waals surface area contributed by atoms with Gasteiger partial charge < -0.3 is 4.42 Å². The Morgan fingerprint density at radius 1 is 1.07 bits per heavy atom. The van der Waals surface area contributed by atoms with Crippen LogP contribution in [0.1, 0.15) is 44.4 Å². The first-order valence-electron chi connectivity index (χ1n) is 9.47. The molecular formula is C19H19ClN6O. The van der Waals surface area contributed by atoms with Gasteiger partial charge in [-0.3, -0.25) is 4.98 Å². The SMILES string of the molecule is Clc1ncn(C23C[C@@H]4C[C@@H](CC(c5nnc(-c6ccccn6)o5)(C4)C2)C3)n1. The molecule has 4 aliphatic rings. The fourth-order valence-corrected chi connectivity index (χ4v) is 6.36. The minimum Gasteiger partial charge on any atom is -0.419 e. The van der Waals surface area contributed by atoms with Crippen LogP contribution in [-0.4, -0.2) is 29.9 Å². The van der Waals surface area contributed by atoms with Crippen LogP contribution in [0.4, 0.5) is 0 Å². The van der Waals surface area contributed by atoms with Crippen LogP contribution in [-0.2, 0) is 11.0 Å². The molecule has 8 heteroatoms. The Bertz CT molecular complexity index is 985. The van der Waals surface area contributed by atoms with Crippen molar-refractivity contribution < 1.29 is 4.42 Å². The summed E-state index contributed by atoms with van der Waals surface area (Å²) in [6.45, 7) is 0. The summed E-state index contributed by atoms with van der Waals surface area (Å²) in [6.07, 6.45) is 10.3. The van der Waals surface area contributed by atoms with Gasteiger partial charge in [-0.15, -0.1) is 15.3 Å². The highest BCUT2D eigenvalue weighted by molar-refractivity contribution is 6.28. The number of rotatable bonds is 3. The van der Waals surface area contributed by atoms with E-state index in [-0.39, 0.29) is 11.0 Å². The second-order valence-corrected chi connectivity index (χ2v) is 8.89. The molecule has 2 unspecified atom stereocenters. The summed E-state index contributed by atoms with van der Waals surface area (Å²) >= 11 is 6.03. The van der Waals surface area contributed by atoms with Crippen LogP contribution in [0, 0.1) is 11.8 Å². The number of pyridine rings is 1. The highest BCUT2D eigenvalue weighted by Crippen LogP contribution is 2.64. The van der Waals surface area contributed by atoms with Gasteiger partial charge in [0.25, 0.3) is 5.89 Å². The first kappa shape index (κ1) is 15.7. The molecule has 0 N–H and O–H groups in total. The van der Waals surface area contributed by atoms with E-state index in [1.165, 1.54) is 6.42 Å². The zero-order valence-electron chi connectivity index (χ0n) is 14.8. The third-order valence-electron chi connectivity index (χ3n) is 6.74. The van der Waals surface area contributed by atoms with E-state index in [4.69, 9.17) is 16.0 Å². The lowest BCUT2D eigenvalue weighted by molar-refractivity contribution is -0.0772. The van der Waals surface area contributed by atoms with Crippen molar-refractivity contribution in [3.63, 3.8) is 0 Å². The van der Waals surface area contributed by atoms with Gasteiger partial charge in [-0.1, -0.05) is 6.07 Å². The van der Waals surface area contributed by atoms with Gasteiger partial charge in [0.2, 0.25) is 11.2 Å². The van der Waals surface area contributed by atoms with Gasteiger partial charge in [0.1, 0.15) is 12.0 Å². The molecule has 4 bridgehead atoms. The molecule has 138 valence electrons. The normalized spacial score (nSPS) is 34.3. The number of aromatic nitrogens is 6. The molecule has 3 aromatic heterocycles. The fraction of sp³-hybridized carbons (Fsp3) is 0.526. The van der Waals surface area contributed by atoms with Crippen molar-refractivity contribution in [2.24, 2.45) is 11.8 Å². The molecule has 7 nitrogen and oxygen atoms in total. The molecule has 4 saturated carbocycles. The maximum absolute atomic E-state index is 6.18. The predicted molar refractivity (Wildman–Crippen MR) is 96.9 cm³/mol. The molecule has 0 saturated heterocycles. The van der Waals surface area contributed by atoms with E-state index in [0.717, 1.165) is 43.7 Å². The van der Waals surface area contributed by atoms with Crippen molar-refractivity contribution in [2.45, 2.75) is 49.5 Å². The minimum absolute atomic E-state index is 0.0378. The topological polar surface area (TPSA) is 82.5 Å². The fourth-order valence-electron chi connectivity index (χ4n) is 6.23. The van der Waals surface area contributed by atoms with Gasteiger partial charge in [0, 0.05) is 6.20 Å². The first-order valence-corrected chi connectivity index (χ1v) is 9.85. The molecule has 0 amide bonds. The van der Waals surface area contributed by atoms with E-state index < -0.39 is 0 Å². The van der Waals surface area contributed by atoms with Crippen molar-refractivity contribution in [3.05, 3.63) is 41.9 Å². The Balaban J connectivity index is 1.41. The van der Waals surface area contributed by atoms with Gasteiger partial charge in [-0.25, -0.2) is 9.67 Å². The largest absolute Gasteiger partial charge is 0.419 e. The van der Waals surface area contributed by atoms with Gasteiger partial charge in [0.15, 0.2) is 0 Å². The summed E-state index contributed by atoms with van der Waals surface area (Å²) in [6, 6.07) is 5.71. The van der Waals surface area contributed by atoms with Gasteiger partial charge in [-0.2, -0.15) is 0 Å². The molecule has 27 heavy (non-hydrogen) atoms. The Hall–Kier alpha value is -2.28. The molecule has 0 aromatic carbocycles. The molecule has 4 aliphatic carbocycles. The standard InChI is InChI=1S/C19H19ClN6O/c20-17-22-11-26(25-17)19-8-12-5-13(9-19)7-18(6-12,10-19)16-24-23-15(27-16)14-3-1-2-4-21-14/h1-4,11-13H,5-10H2/t12-,13+,18?,19?. The van der Waals surface area contributed by atoms with Gasteiger partial charge in [0.05, 0.1) is 11.0 Å². The Kier molecular flexibility index (Phi) is 3.14. The van der Waals surface area contributed by atoms with Crippen molar-refractivity contribution >= 4 is 11.6 Å². The van der Waals surface area contributed by atoms with Gasteiger partial charge in [-0.05, 0) is 74.1 Å². The molecule has 3 aromatic rings. The molecule has 0 radical (unpaired) electrons. The quantitative estimate of drug-likeness (QED) is 0.688. The molecule has 0 aliphatic heterocycles. The maximum atomic E-state index is 6.18. The molecule has 4 atom stereocenters. The Labute approximate surface area is 161 Å². The summed E-state index contributed by atoms with van der Waals surface area (Å²) < 4.78 is 8.20. The highest BCUT2D eigenvalue weighted by Gasteiger charge is 2.61. The summed E-state index contributed by atoms with van der Waals surface area (Å²) in [5, 5.41) is 13.6. The third-order valence-corrected chi connectivity index (χ3v) is 6.92. The monoisotopic (exact) mass is 382 g/mol. The number of hydrogen-bond acceptors (Lipinski definition) is 6. The van der Waals surface area contributed by atoms with Crippen LogP contribution in [0.25, 0.3) is 11.6 Å². The van der Waals surface area contributed by atoms with E-state index in [1.807, 2.05) is 22.9 Å². The smallest absolute Gasteiger partial charge is 0.266 e. The lowest BCUT2D eigenvalue weighted by atomic mass is 9.47. The number of hydrogen-bond donors (Lipinski definition) is 0. The van der Waals surface area contributed by atoms with E-state index in [0.29, 0.717) is 23.0 Å². The van der Waals surface area contributed by atoms with Gasteiger partial charge >= 0.3 is 0 Å². The van der Waals surface area contributed by atoms with Crippen LogP contribution in [0.3, 0.4) is 0 Å². The molecule has 0 spiro atoms. The highest BCUT2D eigenvalue weighted by atomic mass is 35.5. The van der Waals surface area contributed by atoms with Crippen LogP contribution in [0.5, 0.6) is 0 Å². The van der Waals surface area contributed by atoms with Crippen LogP contribution in [0.2, 0.25) is 5.28 Å². The lowest BCUT2D eigenvalue weighted by Crippen LogP contribution is -2.58. The number of nitrogens with zero attached hydrogens (tertiary/aromatic N) is 6. The van der Waals surface area contributed by atoms with E-state index in [2.05, 4.69) is 25.3 Å². The van der Waals surface area contributed by atoms with Crippen molar-refractivity contribution in [2.75, 3.05) is 0 Å². The van der Waals surface area contributed by atoms with Crippen molar-refractivity contribution in [1.82, 2.24) is 29.9 Å². The number of halogens is 1. The van der Waals surface area contributed by atoms with E-state index in [1.54, 1.807) is 12.5 Å². The maximum Gasteiger partial charge on any atom is 0.266 e. The van der Waals surface area contributed by atoms with Crippen LogP contribution >= 0.6 is 11.6 Å². The summed E-state index contributed by atoms with van der Waals surface area (Å²) in [7, 11) is 0. The zero-order valence-corrected chi connectivity index (χ0v) is 15.5. The second kappa shape index (κ2) is 5.38. The average Bonchev–Trinajstić information content (AvgIpc) is 3.31. The van der Waals surface area contributed by atoms with Crippen molar-refractivity contribution in [3.8, 4) is 11.6 Å². The Morgan fingerprint density at radius 3 is 2.63 bits per heavy atom. The summed E-state index contributed by atoms with van der Waals surface area (Å²) in [5.74, 6) is 2.56. The minimum atomic E-state index is -0.0808. The molecule has 4 fully saturated rings. The molecule has 3 heterocycles. The second-order valence-electron chi connectivity index (χ2n) is 8.55. The average molecular weight is 383 g/mol. The van der Waals surface area contributed by atoms with Crippen LogP contribution < -0.4 is 0 Å². The molecular weight excluding hydrogens is 364 g/mol. The van der Waals surface area contributed by atoms with Crippen LogP contribution in [0.15, 0.2) is 35.1 Å². The summed E-state index contributed by atoms with van der Waals surface area (Å²) in [5.41, 5.74) is 0.602.